The maximum atomic E-state index is 12.3. The second-order valence-corrected chi connectivity index (χ2v) is 7.46. The zero-order chi connectivity index (χ0) is 14.3. The van der Waals surface area contributed by atoms with Crippen molar-refractivity contribution < 1.29 is 8.42 Å². The summed E-state index contributed by atoms with van der Waals surface area (Å²) in [6, 6.07) is 0.0985. The lowest BCUT2D eigenvalue weighted by Gasteiger charge is -2.34. The topological polar surface area (TPSA) is 61.4 Å². The number of hydrogen-bond acceptors (Lipinski definition) is 3. The van der Waals surface area contributed by atoms with Crippen molar-refractivity contribution in [3.63, 3.8) is 0 Å². The molecule has 1 aliphatic heterocycles. The third kappa shape index (κ3) is 5.77. The highest BCUT2D eigenvalue weighted by Gasteiger charge is 2.31. The van der Waals surface area contributed by atoms with Crippen molar-refractivity contribution in [2.75, 3.05) is 26.7 Å². The summed E-state index contributed by atoms with van der Waals surface area (Å²) in [5, 5.41) is 3.09. The molecule has 19 heavy (non-hydrogen) atoms. The molecule has 1 heterocycles. The van der Waals surface area contributed by atoms with Gasteiger partial charge in [-0.3, -0.25) is 0 Å². The summed E-state index contributed by atoms with van der Waals surface area (Å²) in [6.07, 6.45) is 5.00. The second kappa shape index (κ2) is 8.19. The molecule has 1 atom stereocenters. The molecular weight excluding hydrogens is 262 g/mol. The van der Waals surface area contributed by atoms with E-state index in [0.717, 1.165) is 38.6 Å². The van der Waals surface area contributed by atoms with E-state index in [1.165, 1.54) is 0 Å². The summed E-state index contributed by atoms with van der Waals surface area (Å²) in [7, 11) is -1.44. The van der Waals surface area contributed by atoms with Crippen LogP contribution < -0.4 is 10.0 Å². The average molecular weight is 291 g/mol. The summed E-state index contributed by atoms with van der Waals surface area (Å²) in [6.45, 7) is 6.23. The minimum absolute atomic E-state index is 0.0985. The number of nitrogens with zero attached hydrogens (tertiary/aromatic N) is 1. The van der Waals surface area contributed by atoms with Crippen LogP contribution in [0.2, 0.25) is 0 Å². The monoisotopic (exact) mass is 291 g/mol. The van der Waals surface area contributed by atoms with Gasteiger partial charge < -0.3 is 5.32 Å². The largest absolute Gasteiger partial charge is 0.318 e. The third-order valence-corrected chi connectivity index (χ3v) is 5.23. The lowest BCUT2D eigenvalue weighted by molar-refractivity contribution is 0.246. The molecule has 0 aromatic rings. The van der Waals surface area contributed by atoms with Gasteiger partial charge in [0.15, 0.2) is 0 Å². The highest BCUT2D eigenvalue weighted by atomic mass is 32.2. The molecule has 1 unspecified atom stereocenters. The SMILES string of the molecule is CNCC1CCCCN1S(=O)(=O)NCCCC(C)C. The maximum Gasteiger partial charge on any atom is 0.279 e. The second-order valence-electron chi connectivity index (χ2n) is 5.75. The average Bonchev–Trinajstić information content (AvgIpc) is 2.35. The molecule has 1 aliphatic rings. The molecule has 0 saturated carbocycles. The number of hydrogen-bond donors (Lipinski definition) is 2. The fourth-order valence-electron chi connectivity index (χ4n) is 2.52. The van der Waals surface area contributed by atoms with Crippen molar-refractivity contribution in [3.8, 4) is 0 Å². The predicted molar refractivity (Wildman–Crippen MR) is 79.3 cm³/mol. The van der Waals surface area contributed by atoms with Crippen molar-refractivity contribution in [2.45, 2.75) is 52.0 Å². The van der Waals surface area contributed by atoms with E-state index in [1.807, 2.05) is 7.05 Å². The smallest absolute Gasteiger partial charge is 0.279 e. The van der Waals surface area contributed by atoms with Gasteiger partial charge >= 0.3 is 0 Å². The Morgan fingerprint density at radius 2 is 2.05 bits per heavy atom. The highest BCUT2D eigenvalue weighted by Crippen LogP contribution is 2.19. The maximum absolute atomic E-state index is 12.3. The van der Waals surface area contributed by atoms with Crippen LogP contribution in [0.5, 0.6) is 0 Å². The van der Waals surface area contributed by atoms with Gasteiger partial charge in [0.05, 0.1) is 0 Å². The Balaban J connectivity index is 2.49. The summed E-state index contributed by atoms with van der Waals surface area (Å²) in [5.74, 6) is 0.622. The van der Waals surface area contributed by atoms with E-state index in [0.29, 0.717) is 19.0 Å². The Morgan fingerprint density at radius 3 is 2.68 bits per heavy atom. The standard InChI is InChI=1S/C13H29N3O2S/c1-12(2)7-6-9-15-19(17,18)16-10-5-4-8-13(16)11-14-3/h12-15H,4-11H2,1-3H3. The number of rotatable bonds is 8. The third-order valence-electron chi connectivity index (χ3n) is 3.56. The first-order chi connectivity index (χ1) is 8.97. The van der Waals surface area contributed by atoms with Crippen LogP contribution in [0.3, 0.4) is 0 Å². The molecule has 0 bridgehead atoms. The Labute approximate surface area is 118 Å². The normalized spacial score (nSPS) is 22.0. The zero-order valence-corrected chi connectivity index (χ0v) is 13.3. The molecule has 0 aromatic carbocycles. The van der Waals surface area contributed by atoms with Crippen LogP contribution in [-0.4, -0.2) is 45.4 Å². The first-order valence-corrected chi connectivity index (χ1v) is 8.82. The molecule has 6 heteroatoms. The molecule has 0 aliphatic carbocycles. The van der Waals surface area contributed by atoms with E-state index >= 15 is 0 Å². The van der Waals surface area contributed by atoms with Crippen LogP contribution in [0, 0.1) is 5.92 Å². The van der Waals surface area contributed by atoms with Crippen molar-refractivity contribution in [2.24, 2.45) is 5.92 Å². The molecular formula is C13H29N3O2S. The molecule has 1 saturated heterocycles. The van der Waals surface area contributed by atoms with Gasteiger partial charge in [0.25, 0.3) is 10.2 Å². The fraction of sp³-hybridized carbons (Fsp3) is 1.00. The molecule has 1 fully saturated rings. The lowest BCUT2D eigenvalue weighted by Crippen LogP contribution is -2.52. The van der Waals surface area contributed by atoms with Gasteiger partial charge in [0.1, 0.15) is 0 Å². The Morgan fingerprint density at radius 1 is 1.32 bits per heavy atom. The van der Waals surface area contributed by atoms with Gasteiger partial charge in [0.2, 0.25) is 0 Å². The van der Waals surface area contributed by atoms with Crippen LogP contribution in [0.15, 0.2) is 0 Å². The van der Waals surface area contributed by atoms with Crippen LogP contribution in [-0.2, 0) is 10.2 Å². The van der Waals surface area contributed by atoms with Crippen LogP contribution in [0.25, 0.3) is 0 Å². The molecule has 114 valence electrons. The number of piperidine rings is 1. The van der Waals surface area contributed by atoms with Crippen molar-refractivity contribution in [1.29, 1.82) is 0 Å². The molecule has 5 nitrogen and oxygen atoms in total. The first-order valence-electron chi connectivity index (χ1n) is 7.38. The lowest BCUT2D eigenvalue weighted by atomic mass is 10.1. The van der Waals surface area contributed by atoms with Gasteiger partial charge in [-0.25, -0.2) is 4.72 Å². The van der Waals surface area contributed by atoms with Gasteiger partial charge in [-0.15, -0.1) is 0 Å². The van der Waals surface area contributed by atoms with Gasteiger partial charge in [-0.1, -0.05) is 20.3 Å². The Kier molecular flexibility index (Phi) is 7.28. The fourth-order valence-corrected chi connectivity index (χ4v) is 4.03. The molecule has 0 spiro atoms. The minimum Gasteiger partial charge on any atom is -0.318 e. The van der Waals surface area contributed by atoms with Crippen LogP contribution >= 0.6 is 0 Å². The van der Waals surface area contributed by atoms with E-state index in [1.54, 1.807) is 4.31 Å². The molecule has 2 N–H and O–H groups in total. The van der Waals surface area contributed by atoms with Crippen molar-refractivity contribution in [1.82, 2.24) is 14.3 Å². The first kappa shape index (κ1) is 16.9. The molecule has 0 radical (unpaired) electrons. The van der Waals surface area contributed by atoms with E-state index in [-0.39, 0.29) is 6.04 Å². The summed E-state index contributed by atoms with van der Waals surface area (Å²) in [5.41, 5.74) is 0. The van der Waals surface area contributed by atoms with E-state index < -0.39 is 10.2 Å². The van der Waals surface area contributed by atoms with Crippen molar-refractivity contribution >= 4 is 10.2 Å². The van der Waals surface area contributed by atoms with Crippen LogP contribution in [0.4, 0.5) is 0 Å². The zero-order valence-electron chi connectivity index (χ0n) is 12.5. The minimum atomic E-state index is -3.31. The Hall–Kier alpha value is -0.170. The predicted octanol–water partition coefficient (Wildman–Crippen LogP) is 1.33. The number of nitrogens with one attached hydrogen (secondary N) is 2. The molecule has 1 rings (SSSR count). The molecule has 0 aromatic heterocycles. The van der Waals surface area contributed by atoms with Gasteiger partial charge in [0, 0.05) is 25.7 Å². The quantitative estimate of drug-likeness (QED) is 0.663. The summed E-state index contributed by atoms with van der Waals surface area (Å²) >= 11 is 0. The van der Waals surface area contributed by atoms with E-state index in [2.05, 4.69) is 23.9 Å². The highest BCUT2D eigenvalue weighted by molar-refractivity contribution is 7.87. The summed E-state index contributed by atoms with van der Waals surface area (Å²) < 4.78 is 29.0. The van der Waals surface area contributed by atoms with Gasteiger partial charge in [-0.05, 0) is 38.6 Å². The Bertz CT molecular complexity index is 342. The van der Waals surface area contributed by atoms with E-state index in [4.69, 9.17) is 0 Å². The van der Waals surface area contributed by atoms with Crippen LogP contribution in [0.1, 0.15) is 46.0 Å². The molecule has 0 amide bonds. The van der Waals surface area contributed by atoms with Crippen molar-refractivity contribution in [3.05, 3.63) is 0 Å². The van der Waals surface area contributed by atoms with E-state index in [9.17, 15) is 8.42 Å². The van der Waals surface area contributed by atoms with Gasteiger partial charge in [-0.2, -0.15) is 12.7 Å². The summed E-state index contributed by atoms with van der Waals surface area (Å²) in [4.78, 5) is 0. The number of likely N-dealkylation sites (N-methyl/N-ethyl adjacent to an activating group) is 1.